The summed E-state index contributed by atoms with van der Waals surface area (Å²) in [5.41, 5.74) is -0.638. The first kappa shape index (κ1) is 15.1. The van der Waals surface area contributed by atoms with E-state index in [0.29, 0.717) is 19.3 Å². The van der Waals surface area contributed by atoms with E-state index in [4.69, 9.17) is 15.0 Å². The molecule has 0 aliphatic carbocycles. The lowest BCUT2D eigenvalue weighted by molar-refractivity contribution is -0.294. The summed E-state index contributed by atoms with van der Waals surface area (Å²) in [5, 5.41) is 0. The Balaban J connectivity index is 2.90. The maximum atomic E-state index is 12.4. The zero-order valence-corrected chi connectivity index (χ0v) is 12.8. The topological polar surface area (TPSA) is 44.8 Å². The number of hydrogen-bond donors (Lipinski definition) is 0. The van der Waals surface area contributed by atoms with Crippen LogP contribution >= 0.6 is 11.9 Å². The molecule has 2 atom stereocenters. The van der Waals surface area contributed by atoms with Gasteiger partial charge in [-0.15, -0.1) is 6.58 Å². The molecule has 6 heteroatoms. The van der Waals surface area contributed by atoms with Gasteiger partial charge in [-0.2, -0.15) is 0 Å². The zero-order valence-electron chi connectivity index (χ0n) is 12.9. The van der Waals surface area contributed by atoms with E-state index in [1.807, 2.05) is 13.8 Å². The number of methoxy groups -OCH3 is 1. The van der Waals surface area contributed by atoms with Crippen LogP contribution in [0.2, 0.25) is 0 Å². The van der Waals surface area contributed by atoms with Gasteiger partial charge in [0.1, 0.15) is 0 Å². The van der Waals surface area contributed by atoms with E-state index in [0.717, 1.165) is 11.9 Å². The molecule has 0 bridgehead atoms. The summed E-state index contributed by atoms with van der Waals surface area (Å²) < 4.78 is 24.0. The van der Waals surface area contributed by atoms with Gasteiger partial charge >= 0.3 is 0 Å². The first-order valence-corrected chi connectivity index (χ1v) is 7.25. The standard InChI is InChI=1S/C13H23BO4S/c1-5-6-10-7-8-11(15)13(16-4,18-10)12(2,3)9-17-19-14/h5,10H,1,6-9,14H2,2-4H3/t10-,13-/m1/s1/i14T. The van der Waals surface area contributed by atoms with Crippen LogP contribution in [-0.4, -0.2) is 39.8 Å². The summed E-state index contributed by atoms with van der Waals surface area (Å²) in [7, 11) is 1.61. The Hall–Kier alpha value is -0.295. The van der Waals surface area contributed by atoms with Gasteiger partial charge in [0, 0.05) is 13.5 Å². The third-order valence-electron chi connectivity index (χ3n) is 3.50. The van der Waals surface area contributed by atoms with Crippen molar-refractivity contribution in [1.82, 2.24) is 0 Å². The lowest BCUT2D eigenvalue weighted by atomic mass is 9.78. The highest BCUT2D eigenvalue weighted by atomic mass is 32.2. The van der Waals surface area contributed by atoms with Gasteiger partial charge in [0.05, 0.1) is 18.1 Å². The Morgan fingerprint density at radius 3 is 3.11 bits per heavy atom. The predicted octanol–water partition coefficient (Wildman–Crippen LogP) is 1.89. The minimum absolute atomic E-state index is 0.0511. The highest BCUT2D eigenvalue weighted by molar-refractivity contribution is 8.15. The molecule has 1 heterocycles. The number of carbonyl (C=O) groups is 1. The van der Waals surface area contributed by atoms with Crippen LogP contribution < -0.4 is 0 Å². The van der Waals surface area contributed by atoms with Crippen LogP contribution in [0.5, 0.6) is 0 Å². The van der Waals surface area contributed by atoms with Crippen molar-refractivity contribution < 1.29 is 18.5 Å². The molecule has 108 valence electrons. The van der Waals surface area contributed by atoms with Crippen LogP contribution in [0, 0.1) is 5.41 Å². The minimum Gasteiger partial charge on any atom is -0.346 e. The summed E-state index contributed by atoms with van der Waals surface area (Å²) >= 11 is 1.05. The maximum Gasteiger partial charge on any atom is 0.236 e. The summed E-state index contributed by atoms with van der Waals surface area (Å²) in [6, 6.07) is 0. The molecule has 0 unspecified atom stereocenters. The first-order valence-electron chi connectivity index (χ1n) is 7.05. The molecule has 0 spiro atoms. The van der Waals surface area contributed by atoms with Gasteiger partial charge in [0.15, 0.2) is 5.78 Å². The fourth-order valence-corrected chi connectivity index (χ4v) is 2.80. The lowest BCUT2D eigenvalue weighted by Crippen LogP contribution is -2.60. The summed E-state index contributed by atoms with van der Waals surface area (Å²) in [4.78, 5) is 12.4. The number of Topliss-reactive ketones (excluding diaryl/α,β-unsaturated/α-hetero) is 1. The second-order valence-electron chi connectivity index (χ2n) is 5.31. The van der Waals surface area contributed by atoms with Crippen LogP contribution in [0.3, 0.4) is 0 Å². The number of hydrogen-bond acceptors (Lipinski definition) is 5. The second kappa shape index (κ2) is 6.93. The SMILES string of the molecule is [3H]BSOCC(C)(C)[C@]1(OC)O[C@H](CC=C)CCC1=O. The van der Waals surface area contributed by atoms with E-state index < -0.39 is 11.2 Å². The molecule has 0 N–H and O–H groups in total. The molecule has 19 heavy (non-hydrogen) atoms. The number of rotatable bonds is 8. The zero-order chi connectivity index (χ0) is 15.2. The van der Waals surface area contributed by atoms with Gasteiger partial charge in [-0.25, -0.2) is 0 Å². The fraction of sp³-hybridized carbons (Fsp3) is 0.769. The quantitative estimate of drug-likeness (QED) is 0.295. The van der Waals surface area contributed by atoms with Crippen molar-refractivity contribution in [2.24, 2.45) is 5.41 Å². The van der Waals surface area contributed by atoms with E-state index in [-0.39, 0.29) is 25.6 Å². The molecule has 0 amide bonds. The molecule has 1 aliphatic heterocycles. The van der Waals surface area contributed by atoms with Crippen LogP contribution in [0.4, 0.5) is 0 Å². The third-order valence-corrected chi connectivity index (χ3v) is 3.79. The Bertz CT molecular complexity index is 353. The fourth-order valence-electron chi connectivity index (χ4n) is 2.43. The highest BCUT2D eigenvalue weighted by Gasteiger charge is 2.55. The molecule has 1 rings (SSSR count). The number of carbonyl (C=O) groups excluding carboxylic acids is 1. The van der Waals surface area contributed by atoms with Gasteiger partial charge in [-0.1, -0.05) is 31.8 Å². The molecule has 0 saturated carbocycles. The summed E-state index contributed by atoms with van der Waals surface area (Å²) in [5.74, 6) is -1.34. The Kier molecular flexibility index (Phi) is 5.51. The Labute approximate surface area is 122 Å². The van der Waals surface area contributed by atoms with Gasteiger partial charge in [-0.05, 0) is 14.2 Å². The van der Waals surface area contributed by atoms with E-state index in [2.05, 4.69) is 6.58 Å². The Morgan fingerprint density at radius 2 is 2.53 bits per heavy atom. The molecule has 1 saturated heterocycles. The monoisotopic (exact) mass is 288 g/mol. The van der Waals surface area contributed by atoms with E-state index >= 15 is 0 Å². The molecular weight excluding hydrogens is 263 g/mol. The molecule has 0 aromatic heterocycles. The second-order valence-corrected chi connectivity index (χ2v) is 5.78. The molecule has 4 nitrogen and oxygen atoms in total. The van der Waals surface area contributed by atoms with Crippen molar-refractivity contribution in [3.8, 4) is 0 Å². The van der Waals surface area contributed by atoms with Crippen molar-refractivity contribution in [1.29, 1.82) is 1.34 Å². The van der Waals surface area contributed by atoms with Crippen molar-refractivity contribution in [2.75, 3.05) is 13.7 Å². The van der Waals surface area contributed by atoms with Crippen molar-refractivity contribution in [3.05, 3.63) is 12.7 Å². The summed E-state index contributed by atoms with van der Waals surface area (Å²) in [6.45, 7) is 7.76. The Morgan fingerprint density at radius 1 is 1.79 bits per heavy atom. The number of ketones is 1. The molecular formula is C13H23BO4S. The lowest BCUT2D eigenvalue weighted by Gasteiger charge is -2.47. The largest absolute Gasteiger partial charge is 0.346 e. The van der Waals surface area contributed by atoms with E-state index in [1.54, 1.807) is 6.08 Å². The van der Waals surface area contributed by atoms with Gasteiger partial charge in [-0.3, -0.25) is 4.79 Å². The van der Waals surface area contributed by atoms with Gasteiger partial charge in [0.2, 0.25) is 12.9 Å². The molecule has 1 aliphatic rings. The van der Waals surface area contributed by atoms with Crippen LogP contribution in [-0.2, 0) is 18.5 Å². The average Bonchev–Trinajstić information content (AvgIpc) is 2.41. The van der Waals surface area contributed by atoms with Gasteiger partial charge < -0.3 is 13.7 Å². The smallest absolute Gasteiger partial charge is 0.236 e. The van der Waals surface area contributed by atoms with Gasteiger partial charge in [0.25, 0.3) is 0 Å². The molecule has 1 fully saturated rings. The van der Waals surface area contributed by atoms with Crippen LogP contribution in [0.25, 0.3) is 0 Å². The average molecular weight is 288 g/mol. The highest BCUT2D eigenvalue weighted by Crippen LogP contribution is 2.42. The minimum atomic E-state index is -1.29. The van der Waals surface area contributed by atoms with E-state index in [1.165, 1.54) is 7.11 Å². The summed E-state index contributed by atoms with van der Waals surface area (Å²) in [6.07, 6.45) is 3.54. The van der Waals surface area contributed by atoms with Crippen molar-refractivity contribution in [2.45, 2.75) is 45.0 Å². The normalized spacial score (nSPS) is 28.9. The van der Waals surface area contributed by atoms with Crippen LogP contribution in [0.15, 0.2) is 12.7 Å². The first-order chi connectivity index (χ1) is 9.43. The molecule has 0 aromatic rings. The van der Waals surface area contributed by atoms with Crippen molar-refractivity contribution >= 4 is 24.8 Å². The van der Waals surface area contributed by atoms with E-state index in [9.17, 15) is 4.79 Å². The third kappa shape index (κ3) is 3.43. The molecule has 0 radical (unpaired) electrons. The predicted molar refractivity (Wildman–Crippen MR) is 79.5 cm³/mol. The van der Waals surface area contributed by atoms with Crippen molar-refractivity contribution in [3.63, 3.8) is 0 Å². The maximum absolute atomic E-state index is 12.4. The number of ether oxygens (including phenoxy) is 2. The molecule has 0 aromatic carbocycles. The van der Waals surface area contributed by atoms with Crippen LogP contribution in [0.1, 0.15) is 33.1 Å².